The minimum Gasteiger partial charge on any atom is -0.269 e. The quantitative estimate of drug-likeness (QED) is 0.577. The van der Waals surface area contributed by atoms with Gasteiger partial charge in [0.25, 0.3) is 0 Å². The lowest BCUT2D eigenvalue weighted by molar-refractivity contribution is 0.812. The van der Waals surface area contributed by atoms with Gasteiger partial charge >= 0.3 is 0 Å². The SMILES string of the molecule is CCCc1nnc2c3cnn(-c4ccccc4)c3ncn12. The van der Waals surface area contributed by atoms with E-state index in [1.165, 1.54) is 0 Å². The van der Waals surface area contributed by atoms with Gasteiger partial charge in [0.05, 0.1) is 17.3 Å². The topological polar surface area (TPSA) is 60.9 Å². The van der Waals surface area contributed by atoms with Crippen molar-refractivity contribution in [2.45, 2.75) is 19.8 Å². The Labute approximate surface area is 121 Å². The van der Waals surface area contributed by atoms with Crippen LogP contribution in [-0.2, 0) is 6.42 Å². The monoisotopic (exact) mass is 278 g/mol. The molecule has 0 aliphatic carbocycles. The van der Waals surface area contributed by atoms with Crippen molar-refractivity contribution < 1.29 is 0 Å². The minimum absolute atomic E-state index is 0.796. The molecule has 0 N–H and O–H groups in total. The molecule has 0 spiro atoms. The molecule has 3 heterocycles. The molecular formula is C15H14N6. The molecule has 0 saturated heterocycles. The second-order valence-electron chi connectivity index (χ2n) is 4.93. The molecule has 0 unspecified atom stereocenters. The Morgan fingerprint density at radius 2 is 1.90 bits per heavy atom. The molecule has 0 saturated carbocycles. The van der Waals surface area contributed by atoms with Crippen LogP contribution in [0.1, 0.15) is 19.2 Å². The van der Waals surface area contributed by atoms with Crippen LogP contribution in [0.4, 0.5) is 0 Å². The molecule has 104 valence electrons. The summed E-state index contributed by atoms with van der Waals surface area (Å²) in [5.41, 5.74) is 2.59. The van der Waals surface area contributed by atoms with E-state index in [4.69, 9.17) is 0 Å². The number of hydrogen-bond acceptors (Lipinski definition) is 4. The van der Waals surface area contributed by atoms with Crippen molar-refractivity contribution in [3.63, 3.8) is 0 Å². The van der Waals surface area contributed by atoms with Gasteiger partial charge in [0, 0.05) is 6.42 Å². The third kappa shape index (κ3) is 1.79. The number of aromatic nitrogens is 6. The van der Waals surface area contributed by atoms with Gasteiger partial charge in [-0.25, -0.2) is 9.67 Å². The summed E-state index contributed by atoms with van der Waals surface area (Å²) in [5, 5.41) is 13.9. The summed E-state index contributed by atoms with van der Waals surface area (Å²) < 4.78 is 3.77. The van der Waals surface area contributed by atoms with Crippen LogP contribution in [0, 0.1) is 0 Å². The molecule has 0 aliphatic rings. The van der Waals surface area contributed by atoms with Crippen molar-refractivity contribution in [1.29, 1.82) is 0 Å². The zero-order chi connectivity index (χ0) is 14.2. The van der Waals surface area contributed by atoms with E-state index in [0.717, 1.165) is 41.0 Å². The number of hydrogen-bond donors (Lipinski definition) is 0. The maximum Gasteiger partial charge on any atom is 0.174 e. The van der Waals surface area contributed by atoms with Crippen LogP contribution in [0.15, 0.2) is 42.9 Å². The molecule has 6 heteroatoms. The number of aryl methyl sites for hydroxylation is 1. The average molecular weight is 278 g/mol. The van der Waals surface area contributed by atoms with Crippen LogP contribution in [0.3, 0.4) is 0 Å². The summed E-state index contributed by atoms with van der Waals surface area (Å²) in [6.07, 6.45) is 5.50. The molecule has 4 rings (SSSR count). The van der Waals surface area contributed by atoms with Crippen LogP contribution in [0.25, 0.3) is 22.4 Å². The van der Waals surface area contributed by atoms with Gasteiger partial charge in [-0.1, -0.05) is 25.1 Å². The van der Waals surface area contributed by atoms with Crippen molar-refractivity contribution >= 4 is 16.7 Å². The van der Waals surface area contributed by atoms with Crippen LogP contribution in [-0.4, -0.2) is 29.4 Å². The normalized spacial score (nSPS) is 11.5. The second-order valence-corrected chi connectivity index (χ2v) is 4.93. The lowest BCUT2D eigenvalue weighted by Gasteiger charge is -2.02. The number of para-hydroxylation sites is 1. The van der Waals surface area contributed by atoms with Crippen molar-refractivity contribution in [3.05, 3.63) is 48.7 Å². The average Bonchev–Trinajstić information content (AvgIpc) is 3.12. The Hall–Kier alpha value is -2.76. The zero-order valence-corrected chi connectivity index (χ0v) is 11.6. The van der Waals surface area contributed by atoms with Gasteiger partial charge in [-0.05, 0) is 18.6 Å². The Morgan fingerprint density at radius 3 is 2.71 bits per heavy atom. The maximum absolute atomic E-state index is 4.54. The Balaban J connectivity index is 1.96. The highest BCUT2D eigenvalue weighted by Gasteiger charge is 2.13. The third-order valence-corrected chi connectivity index (χ3v) is 3.52. The van der Waals surface area contributed by atoms with Gasteiger partial charge in [0.2, 0.25) is 0 Å². The van der Waals surface area contributed by atoms with Crippen molar-refractivity contribution in [1.82, 2.24) is 29.4 Å². The Morgan fingerprint density at radius 1 is 1.05 bits per heavy atom. The van der Waals surface area contributed by atoms with Crippen molar-refractivity contribution in [2.75, 3.05) is 0 Å². The van der Waals surface area contributed by atoms with E-state index in [-0.39, 0.29) is 0 Å². The Bertz CT molecular complexity index is 906. The minimum atomic E-state index is 0.796. The maximum atomic E-state index is 4.54. The highest BCUT2D eigenvalue weighted by atomic mass is 15.3. The van der Waals surface area contributed by atoms with Crippen LogP contribution < -0.4 is 0 Å². The number of nitrogens with zero attached hydrogens (tertiary/aromatic N) is 6. The van der Waals surface area contributed by atoms with Crippen LogP contribution in [0.2, 0.25) is 0 Å². The fourth-order valence-corrected chi connectivity index (χ4v) is 2.52. The summed E-state index contributed by atoms with van der Waals surface area (Å²) in [7, 11) is 0. The first-order valence-corrected chi connectivity index (χ1v) is 7.00. The molecule has 4 aromatic rings. The van der Waals surface area contributed by atoms with Gasteiger partial charge < -0.3 is 0 Å². The largest absolute Gasteiger partial charge is 0.269 e. The Kier molecular flexibility index (Phi) is 2.67. The van der Waals surface area contributed by atoms with E-state index in [0.29, 0.717) is 0 Å². The van der Waals surface area contributed by atoms with Crippen LogP contribution in [0.5, 0.6) is 0 Å². The molecule has 6 nitrogen and oxygen atoms in total. The first-order valence-electron chi connectivity index (χ1n) is 7.00. The van der Waals surface area contributed by atoms with Crippen molar-refractivity contribution in [2.24, 2.45) is 0 Å². The zero-order valence-electron chi connectivity index (χ0n) is 11.6. The molecule has 0 amide bonds. The molecule has 21 heavy (non-hydrogen) atoms. The number of rotatable bonds is 3. The van der Waals surface area contributed by atoms with E-state index in [9.17, 15) is 0 Å². The van der Waals surface area contributed by atoms with Gasteiger partial charge in [0.15, 0.2) is 11.3 Å². The van der Waals surface area contributed by atoms with Gasteiger partial charge in [0.1, 0.15) is 12.2 Å². The molecule has 0 atom stereocenters. The smallest absolute Gasteiger partial charge is 0.174 e. The molecule has 0 radical (unpaired) electrons. The lowest BCUT2D eigenvalue weighted by Crippen LogP contribution is -1.99. The molecule has 1 aromatic carbocycles. The fourth-order valence-electron chi connectivity index (χ4n) is 2.52. The van der Waals surface area contributed by atoms with Gasteiger partial charge in [-0.3, -0.25) is 4.40 Å². The molecule has 0 fully saturated rings. The van der Waals surface area contributed by atoms with E-state index < -0.39 is 0 Å². The summed E-state index contributed by atoms with van der Waals surface area (Å²) in [6, 6.07) is 9.96. The predicted molar refractivity (Wildman–Crippen MR) is 79.4 cm³/mol. The highest BCUT2D eigenvalue weighted by Crippen LogP contribution is 2.20. The van der Waals surface area contributed by atoms with E-state index in [2.05, 4.69) is 27.2 Å². The molecule has 0 aliphatic heterocycles. The molecular weight excluding hydrogens is 264 g/mol. The van der Waals surface area contributed by atoms with E-state index in [1.807, 2.05) is 39.4 Å². The highest BCUT2D eigenvalue weighted by molar-refractivity contribution is 5.89. The lowest BCUT2D eigenvalue weighted by atomic mass is 10.3. The summed E-state index contributed by atoms with van der Waals surface area (Å²) in [5.74, 6) is 0.939. The first kappa shape index (κ1) is 12.0. The van der Waals surface area contributed by atoms with E-state index in [1.54, 1.807) is 12.5 Å². The van der Waals surface area contributed by atoms with Gasteiger partial charge in [-0.15, -0.1) is 10.2 Å². The summed E-state index contributed by atoms with van der Waals surface area (Å²) >= 11 is 0. The fraction of sp³-hybridized carbons (Fsp3) is 0.200. The number of fused-ring (bicyclic) bond motifs is 3. The molecule has 0 bridgehead atoms. The second kappa shape index (κ2) is 4.66. The third-order valence-electron chi connectivity index (χ3n) is 3.52. The van der Waals surface area contributed by atoms with Crippen LogP contribution >= 0.6 is 0 Å². The summed E-state index contributed by atoms with van der Waals surface area (Å²) in [4.78, 5) is 4.54. The first-order chi connectivity index (χ1) is 10.4. The van der Waals surface area contributed by atoms with Crippen molar-refractivity contribution in [3.8, 4) is 5.69 Å². The standard InChI is InChI=1S/C15H14N6/c1-2-6-13-18-19-15-12-9-17-21(11-7-4-3-5-8-11)14(12)16-10-20(13)15/h3-5,7-10H,2,6H2,1H3. The summed E-state index contributed by atoms with van der Waals surface area (Å²) in [6.45, 7) is 2.13. The van der Waals surface area contributed by atoms with E-state index >= 15 is 0 Å². The van der Waals surface area contributed by atoms with Gasteiger partial charge in [-0.2, -0.15) is 5.10 Å². The molecule has 3 aromatic heterocycles. The predicted octanol–water partition coefficient (Wildman–Crippen LogP) is 2.42. The number of benzene rings is 1.